The van der Waals surface area contributed by atoms with Gasteiger partial charge in [0.25, 0.3) is 0 Å². The zero-order chi connectivity index (χ0) is 25.9. The highest BCUT2D eigenvalue weighted by molar-refractivity contribution is 5.75. The lowest BCUT2D eigenvalue weighted by molar-refractivity contribution is -0.271. The lowest BCUT2D eigenvalue weighted by Crippen LogP contribution is -2.61. The Bertz CT molecular complexity index is 1120. The Hall–Kier alpha value is -3.57. The Morgan fingerprint density at radius 3 is 2.17 bits per heavy atom. The van der Waals surface area contributed by atoms with E-state index in [-0.39, 0.29) is 34.5 Å². The van der Waals surface area contributed by atoms with Crippen LogP contribution in [0.25, 0.3) is 18.2 Å². The van der Waals surface area contributed by atoms with E-state index in [9.17, 15) is 40.5 Å². The minimum atomic E-state index is -1.87. The molecule has 35 heavy (non-hydrogen) atoms. The van der Waals surface area contributed by atoms with Gasteiger partial charge in [-0.15, -0.1) is 0 Å². The van der Waals surface area contributed by atoms with Crippen LogP contribution in [-0.2, 0) is 9.53 Å². The second-order valence-corrected chi connectivity index (χ2v) is 8.49. The number of hydrogen-bond acceptors (Lipinski definition) is 9. The van der Waals surface area contributed by atoms with E-state index in [2.05, 4.69) is 0 Å². The van der Waals surface area contributed by atoms with Crippen molar-refractivity contribution < 1.29 is 50.0 Å². The number of aliphatic carboxylic acids is 1. The van der Waals surface area contributed by atoms with Crippen molar-refractivity contribution in [2.24, 2.45) is 5.92 Å². The Labute approximate surface area is 201 Å². The predicted octanol–water partition coefficient (Wildman–Crippen LogP) is 1.91. The van der Waals surface area contributed by atoms with Crippen molar-refractivity contribution in [3.63, 3.8) is 0 Å². The van der Waals surface area contributed by atoms with Gasteiger partial charge >= 0.3 is 5.97 Å². The van der Waals surface area contributed by atoms with E-state index in [0.717, 1.165) is 0 Å². The lowest BCUT2D eigenvalue weighted by Gasteiger charge is -2.38. The van der Waals surface area contributed by atoms with Gasteiger partial charge in [-0.3, -0.25) is 0 Å². The van der Waals surface area contributed by atoms with Crippen LogP contribution < -0.4 is 4.74 Å². The van der Waals surface area contributed by atoms with E-state index >= 15 is 0 Å². The van der Waals surface area contributed by atoms with Crippen molar-refractivity contribution in [2.75, 3.05) is 0 Å². The molecule has 10 nitrogen and oxygen atoms in total. The molecular weight excluding hydrogens is 460 g/mol. The fraction of sp³-hybridized carbons (Fsp3) is 0.320. The molecule has 0 bridgehead atoms. The van der Waals surface area contributed by atoms with Crippen LogP contribution in [0.3, 0.4) is 0 Å². The molecule has 0 saturated carbocycles. The van der Waals surface area contributed by atoms with Gasteiger partial charge in [-0.05, 0) is 41.3 Å². The second-order valence-electron chi connectivity index (χ2n) is 8.49. The largest absolute Gasteiger partial charge is 0.507 e. The summed E-state index contributed by atoms with van der Waals surface area (Å²) < 4.78 is 10.9. The average molecular weight is 488 g/mol. The van der Waals surface area contributed by atoms with E-state index in [1.165, 1.54) is 24.3 Å². The van der Waals surface area contributed by atoms with E-state index in [1.807, 2.05) is 13.8 Å². The zero-order valence-electron chi connectivity index (χ0n) is 19.0. The van der Waals surface area contributed by atoms with E-state index in [0.29, 0.717) is 11.1 Å². The number of allylic oxidation sites excluding steroid dienone is 1. The topological polar surface area (TPSA) is 177 Å². The summed E-state index contributed by atoms with van der Waals surface area (Å²) in [6, 6.07) is 7.17. The monoisotopic (exact) mass is 488 g/mol. The molecule has 0 aliphatic carbocycles. The quantitative estimate of drug-likeness (QED) is 0.225. The summed E-state index contributed by atoms with van der Waals surface area (Å²) in [5, 5.41) is 69.4. The second kappa shape index (κ2) is 10.8. The molecule has 1 saturated heterocycles. The van der Waals surface area contributed by atoms with Gasteiger partial charge in [0.2, 0.25) is 6.29 Å². The molecular formula is C25H28O10. The third-order valence-electron chi connectivity index (χ3n) is 5.31. The Morgan fingerprint density at radius 2 is 1.54 bits per heavy atom. The summed E-state index contributed by atoms with van der Waals surface area (Å²) in [5.74, 6) is -2.16. The number of aliphatic hydroxyl groups is 3. The number of phenols is 3. The van der Waals surface area contributed by atoms with Crippen molar-refractivity contribution in [3.8, 4) is 23.0 Å². The number of aliphatic hydroxyl groups excluding tert-OH is 3. The summed E-state index contributed by atoms with van der Waals surface area (Å²) in [7, 11) is 0. The third-order valence-corrected chi connectivity index (χ3v) is 5.31. The SMILES string of the molecule is CC(C)/C=C/c1c(O)cc(/C=C/c2ccc(O)c(O)c2)cc1O[C@@H]1OC(C(=O)O)[C@@H](O)[C@H](O)C1O. The molecule has 7 N–H and O–H groups in total. The molecule has 0 radical (unpaired) electrons. The Kier molecular flexibility index (Phi) is 8.03. The summed E-state index contributed by atoms with van der Waals surface area (Å²) in [5.41, 5.74) is 1.22. The number of carboxylic acid groups (broad SMARTS) is 1. The first-order valence-electron chi connectivity index (χ1n) is 10.8. The van der Waals surface area contributed by atoms with E-state index in [4.69, 9.17) is 9.47 Å². The van der Waals surface area contributed by atoms with Crippen LogP contribution >= 0.6 is 0 Å². The van der Waals surface area contributed by atoms with Gasteiger partial charge in [-0.2, -0.15) is 0 Å². The molecule has 10 heteroatoms. The molecule has 1 aliphatic heterocycles. The third kappa shape index (κ3) is 6.11. The maximum atomic E-state index is 11.4. The molecule has 0 aromatic heterocycles. The van der Waals surface area contributed by atoms with Crippen molar-refractivity contribution in [1.82, 2.24) is 0 Å². The molecule has 188 valence electrons. The van der Waals surface area contributed by atoms with Gasteiger partial charge in [0.15, 0.2) is 17.6 Å². The first kappa shape index (κ1) is 26.0. The highest BCUT2D eigenvalue weighted by atomic mass is 16.7. The molecule has 2 aromatic rings. The first-order chi connectivity index (χ1) is 16.5. The van der Waals surface area contributed by atoms with Crippen LogP contribution in [0, 0.1) is 5.92 Å². The van der Waals surface area contributed by atoms with E-state index in [1.54, 1.807) is 30.4 Å². The van der Waals surface area contributed by atoms with Gasteiger partial charge in [0.1, 0.15) is 29.8 Å². The van der Waals surface area contributed by atoms with Crippen LogP contribution in [0.1, 0.15) is 30.5 Å². The molecule has 1 fully saturated rings. The smallest absolute Gasteiger partial charge is 0.335 e. The molecule has 0 amide bonds. The maximum Gasteiger partial charge on any atom is 0.335 e. The number of rotatable bonds is 7. The van der Waals surface area contributed by atoms with E-state index < -0.39 is 36.7 Å². The van der Waals surface area contributed by atoms with Crippen molar-refractivity contribution in [2.45, 2.75) is 44.6 Å². The van der Waals surface area contributed by atoms with Gasteiger partial charge in [0.05, 0.1) is 5.56 Å². The predicted molar refractivity (Wildman–Crippen MR) is 126 cm³/mol. The number of benzene rings is 2. The maximum absolute atomic E-state index is 11.4. The fourth-order valence-corrected chi connectivity index (χ4v) is 3.39. The molecule has 1 aliphatic rings. The van der Waals surface area contributed by atoms with Gasteiger partial charge in [-0.25, -0.2) is 4.79 Å². The van der Waals surface area contributed by atoms with Gasteiger partial charge in [0, 0.05) is 0 Å². The number of carboxylic acids is 1. The van der Waals surface area contributed by atoms with Crippen LogP contribution in [0.2, 0.25) is 0 Å². The number of aromatic hydroxyl groups is 3. The molecule has 5 atom stereocenters. The molecule has 2 aromatic carbocycles. The number of phenolic OH excluding ortho intramolecular Hbond substituents is 3. The van der Waals surface area contributed by atoms with Crippen molar-refractivity contribution in [1.29, 1.82) is 0 Å². The summed E-state index contributed by atoms with van der Waals surface area (Å²) in [6.07, 6.45) is -2.41. The molecule has 0 spiro atoms. The standard InChI is InChI=1S/C25H28O10/c1-12(2)3-7-15-17(27)10-14(5-4-13-6-8-16(26)18(28)9-13)11-19(15)34-25-22(31)20(29)21(30)23(35-25)24(32)33/h3-12,20-23,25-31H,1-2H3,(H,32,33)/b5-4+,7-3+/t20-,21-,22?,23?,25+/m0/s1. The fourth-order valence-electron chi connectivity index (χ4n) is 3.39. The highest BCUT2D eigenvalue weighted by Crippen LogP contribution is 2.35. The number of hydrogen-bond donors (Lipinski definition) is 7. The average Bonchev–Trinajstić information content (AvgIpc) is 2.79. The molecule has 2 unspecified atom stereocenters. The number of carbonyl (C=O) groups is 1. The minimum Gasteiger partial charge on any atom is -0.507 e. The van der Waals surface area contributed by atoms with Crippen LogP contribution in [-0.4, -0.2) is 72.4 Å². The zero-order valence-corrected chi connectivity index (χ0v) is 19.0. The minimum absolute atomic E-state index is 0.0203. The van der Waals surface area contributed by atoms with Gasteiger partial charge < -0.3 is 45.2 Å². The first-order valence-corrected chi connectivity index (χ1v) is 10.8. The summed E-state index contributed by atoms with van der Waals surface area (Å²) >= 11 is 0. The number of ether oxygens (including phenoxy) is 2. The van der Waals surface area contributed by atoms with Crippen molar-refractivity contribution in [3.05, 3.63) is 53.1 Å². The Balaban J connectivity index is 1.98. The van der Waals surface area contributed by atoms with Crippen LogP contribution in [0.4, 0.5) is 0 Å². The highest BCUT2D eigenvalue weighted by Gasteiger charge is 2.48. The summed E-state index contributed by atoms with van der Waals surface area (Å²) in [4.78, 5) is 11.4. The molecule has 3 rings (SSSR count). The van der Waals surface area contributed by atoms with Gasteiger partial charge in [-0.1, -0.05) is 44.2 Å². The van der Waals surface area contributed by atoms with Crippen LogP contribution in [0.15, 0.2) is 36.4 Å². The Morgan fingerprint density at radius 1 is 0.886 bits per heavy atom. The van der Waals surface area contributed by atoms with Crippen molar-refractivity contribution >= 4 is 24.2 Å². The lowest BCUT2D eigenvalue weighted by atomic mass is 9.99. The summed E-state index contributed by atoms with van der Waals surface area (Å²) in [6.45, 7) is 3.84. The normalized spacial score (nSPS) is 24.9. The van der Waals surface area contributed by atoms with Crippen LogP contribution in [0.5, 0.6) is 23.0 Å². The molecule has 1 heterocycles.